The molecule has 0 saturated heterocycles. The number of benzene rings is 1. The first-order valence-corrected chi connectivity index (χ1v) is 7.06. The number of hydrazone groups is 1. The first-order chi connectivity index (χ1) is 10.1. The Hall–Kier alpha value is -2.05. The molecule has 0 aliphatic rings. The van der Waals surface area contributed by atoms with Crippen LogP contribution in [0.15, 0.2) is 52.2 Å². The van der Waals surface area contributed by atoms with Crippen molar-refractivity contribution < 1.29 is 9.90 Å². The minimum Gasteiger partial charge on any atom is -0.390 e. The molecule has 108 valence electrons. The van der Waals surface area contributed by atoms with Crippen molar-refractivity contribution in [2.45, 2.75) is 13.5 Å². The highest BCUT2D eigenvalue weighted by Crippen LogP contribution is 2.11. The third kappa shape index (κ3) is 4.21. The first kappa shape index (κ1) is 15.3. The van der Waals surface area contributed by atoms with E-state index in [9.17, 15) is 4.79 Å². The molecule has 1 heterocycles. The van der Waals surface area contributed by atoms with Crippen LogP contribution in [0.1, 0.15) is 28.5 Å². The summed E-state index contributed by atoms with van der Waals surface area (Å²) in [4.78, 5) is 15.9. The van der Waals surface area contributed by atoms with Gasteiger partial charge in [-0.15, -0.1) is 0 Å². The van der Waals surface area contributed by atoms with Gasteiger partial charge in [-0.1, -0.05) is 28.1 Å². The van der Waals surface area contributed by atoms with Crippen molar-refractivity contribution in [2.24, 2.45) is 5.10 Å². The van der Waals surface area contributed by atoms with Gasteiger partial charge >= 0.3 is 0 Å². The maximum Gasteiger partial charge on any atom is 0.272 e. The molecule has 0 aliphatic carbocycles. The lowest BCUT2D eigenvalue weighted by Crippen LogP contribution is -2.19. The number of amides is 1. The topological polar surface area (TPSA) is 74.6 Å². The molecule has 0 spiro atoms. The molecule has 0 saturated carbocycles. The smallest absolute Gasteiger partial charge is 0.272 e. The summed E-state index contributed by atoms with van der Waals surface area (Å²) in [5.41, 5.74) is 5.02. The van der Waals surface area contributed by atoms with Crippen molar-refractivity contribution in [1.82, 2.24) is 10.4 Å². The number of hydrogen-bond donors (Lipinski definition) is 2. The van der Waals surface area contributed by atoms with E-state index in [0.717, 1.165) is 10.0 Å². The number of nitrogens with one attached hydrogen (secondary N) is 1. The van der Waals surface area contributed by atoms with Gasteiger partial charge in [0.15, 0.2) is 0 Å². The van der Waals surface area contributed by atoms with Gasteiger partial charge in [-0.05, 0) is 36.8 Å². The van der Waals surface area contributed by atoms with E-state index in [4.69, 9.17) is 5.11 Å². The first-order valence-electron chi connectivity index (χ1n) is 6.26. The van der Waals surface area contributed by atoms with Crippen molar-refractivity contribution in [2.75, 3.05) is 0 Å². The molecule has 0 radical (unpaired) electrons. The maximum absolute atomic E-state index is 11.9. The number of aliphatic hydroxyl groups is 1. The lowest BCUT2D eigenvalue weighted by molar-refractivity contribution is 0.0954. The highest BCUT2D eigenvalue weighted by Gasteiger charge is 2.05. The zero-order valence-electron chi connectivity index (χ0n) is 11.4. The quantitative estimate of drug-likeness (QED) is 0.659. The zero-order valence-corrected chi connectivity index (χ0v) is 13.0. The standard InChI is InChI=1S/C15H14BrN3O2/c1-10(11-2-5-13(16)6-3-11)18-19-15(21)12-4-7-14(9-20)17-8-12/h2-8,20H,9H2,1H3,(H,19,21)/b18-10+. The molecule has 6 heteroatoms. The van der Waals surface area contributed by atoms with E-state index in [-0.39, 0.29) is 12.5 Å². The summed E-state index contributed by atoms with van der Waals surface area (Å²) in [6.45, 7) is 1.67. The number of nitrogens with zero attached hydrogens (tertiary/aromatic N) is 2. The average Bonchev–Trinajstić information content (AvgIpc) is 2.53. The highest BCUT2D eigenvalue weighted by molar-refractivity contribution is 9.10. The summed E-state index contributed by atoms with van der Waals surface area (Å²) in [5, 5.41) is 13.0. The number of pyridine rings is 1. The van der Waals surface area contributed by atoms with E-state index < -0.39 is 0 Å². The Bertz CT molecular complexity index is 652. The second kappa shape index (κ2) is 7.10. The van der Waals surface area contributed by atoms with Crippen molar-refractivity contribution in [3.8, 4) is 0 Å². The van der Waals surface area contributed by atoms with Gasteiger partial charge in [0.25, 0.3) is 5.91 Å². The molecule has 1 aromatic heterocycles. The molecular weight excluding hydrogens is 334 g/mol. The largest absolute Gasteiger partial charge is 0.390 e. The molecule has 0 atom stereocenters. The SMILES string of the molecule is C/C(=N\NC(=O)c1ccc(CO)nc1)c1ccc(Br)cc1. The van der Waals surface area contributed by atoms with Gasteiger partial charge in [0.1, 0.15) is 0 Å². The Morgan fingerprint density at radius 1 is 1.24 bits per heavy atom. The number of halogens is 1. The van der Waals surface area contributed by atoms with Gasteiger partial charge in [-0.2, -0.15) is 5.10 Å². The number of aromatic nitrogens is 1. The van der Waals surface area contributed by atoms with Crippen LogP contribution in [0.25, 0.3) is 0 Å². The highest BCUT2D eigenvalue weighted by atomic mass is 79.9. The molecule has 1 aromatic carbocycles. The van der Waals surface area contributed by atoms with E-state index in [2.05, 4.69) is 31.4 Å². The number of carbonyl (C=O) groups excluding carboxylic acids is 1. The van der Waals surface area contributed by atoms with Crippen LogP contribution in [0.4, 0.5) is 0 Å². The van der Waals surface area contributed by atoms with Crippen molar-refractivity contribution in [3.63, 3.8) is 0 Å². The van der Waals surface area contributed by atoms with Crippen LogP contribution >= 0.6 is 15.9 Å². The monoisotopic (exact) mass is 347 g/mol. The normalized spacial score (nSPS) is 11.3. The van der Waals surface area contributed by atoms with Crippen LogP contribution in [0.2, 0.25) is 0 Å². The third-order valence-corrected chi connectivity index (χ3v) is 3.36. The van der Waals surface area contributed by atoms with Crippen LogP contribution < -0.4 is 5.43 Å². The van der Waals surface area contributed by atoms with Crippen LogP contribution in [-0.2, 0) is 6.61 Å². The predicted molar refractivity (Wildman–Crippen MR) is 84.0 cm³/mol. The van der Waals surface area contributed by atoms with Crippen molar-refractivity contribution in [1.29, 1.82) is 0 Å². The zero-order chi connectivity index (χ0) is 15.2. The van der Waals surface area contributed by atoms with Crippen LogP contribution in [0, 0.1) is 0 Å². The lowest BCUT2D eigenvalue weighted by Gasteiger charge is -2.03. The van der Waals surface area contributed by atoms with Crippen molar-refractivity contribution >= 4 is 27.5 Å². The molecule has 21 heavy (non-hydrogen) atoms. The van der Waals surface area contributed by atoms with Gasteiger partial charge in [0.05, 0.1) is 23.6 Å². The number of carbonyl (C=O) groups is 1. The molecule has 2 rings (SSSR count). The fourth-order valence-electron chi connectivity index (χ4n) is 1.61. The molecule has 2 N–H and O–H groups in total. The number of rotatable bonds is 4. The molecule has 0 unspecified atom stereocenters. The van der Waals surface area contributed by atoms with Gasteiger partial charge in [-0.25, -0.2) is 5.43 Å². The van der Waals surface area contributed by atoms with Crippen molar-refractivity contribution in [3.05, 3.63) is 63.9 Å². The fraction of sp³-hybridized carbons (Fsp3) is 0.133. The summed E-state index contributed by atoms with van der Waals surface area (Å²) in [6, 6.07) is 10.8. The lowest BCUT2D eigenvalue weighted by atomic mass is 10.1. The Balaban J connectivity index is 2.04. The third-order valence-electron chi connectivity index (χ3n) is 2.84. The minimum absolute atomic E-state index is 0.150. The summed E-state index contributed by atoms with van der Waals surface area (Å²) in [5.74, 6) is -0.344. The Morgan fingerprint density at radius 3 is 2.48 bits per heavy atom. The average molecular weight is 348 g/mol. The van der Waals surface area contributed by atoms with Gasteiger partial charge in [0.2, 0.25) is 0 Å². The molecule has 2 aromatic rings. The van der Waals surface area contributed by atoms with Crippen LogP contribution in [0.5, 0.6) is 0 Å². The molecule has 1 amide bonds. The van der Waals surface area contributed by atoms with E-state index in [0.29, 0.717) is 17.0 Å². The second-order valence-electron chi connectivity index (χ2n) is 4.34. The minimum atomic E-state index is -0.344. The summed E-state index contributed by atoms with van der Waals surface area (Å²) < 4.78 is 0.984. The Kier molecular flexibility index (Phi) is 5.19. The fourth-order valence-corrected chi connectivity index (χ4v) is 1.87. The van der Waals surface area contributed by atoms with Gasteiger partial charge < -0.3 is 5.11 Å². The van der Waals surface area contributed by atoms with Gasteiger partial charge in [0, 0.05) is 10.7 Å². The van der Waals surface area contributed by atoms with E-state index in [1.807, 2.05) is 31.2 Å². The molecule has 0 bridgehead atoms. The molecular formula is C15H14BrN3O2. The second-order valence-corrected chi connectivity index (χ2v) is 5.26. The molecule has 0 aliphatic heterocycles. The van der Waals surface area contributed by atoms with E-state index >= 15 is 0 Å². The Morgan fingerprint density at radius 2 is 1.90 bits per heavy atom. The Labute approximate surface area is 130 Å². The van der Waals surface area contributed by atoms with Gasteiger partial charge in [-0.3, -0.25) is 9.78 Å². The summed E-state index contributed by atoms with van der Waals surface area (Å²) in [7, 11) is 0. The van der Waals surface area contributed by atoms with E-state index in [1.54, 1.807) is 12.1 Å². The van der Waals surface area contributed by atoms with Crippen LogP contribution in [-0.4, -0.2) is 21.7 Å². The summed E-state index contributed by atoms with van der Waals surface area (Å²) >= 11 is 3.36. The molecule has 0 fully saturated rings. The van der Waals surface area contributed by atoms with Crippen LogP contribution in [0.3, 0.4) is 0 Å². The summed E-state index contributed by atoms with van der Waals surface area (Å²) in [6.07, 6.45) is 1.41. The number of aliphatic hydroxyl groups excluding tert-OH is 1. The number of hydrogen-bond acceptors (Lipinski definition) is 4. The molecule has 5 nitrogen and oxygen atoms in total. The predicted octanol–water partition coefficient (Wildman–Crippen LogP) is 2.49. The maximum atomic E-state index is 11.9. The van der Waals surface area contributed by atoms with E-state index in [1.165, 1.54) is 6.20 Å².